The lowest BCUT2D eigenvalue weighted by atomic mass is 10.2. The maximum absolute atomic E-state index is 11.8. The van der Waals surface area contributed by atoms with Crippen molar-refractivity contribution in [3.8, 4) is 11.8 Å². The van der Waals surface area contributed by atoms with E-state index in [4.69, 9.17) is 11.6 Å². The van der Waals surface area contributed by atoms with Crippen LogP contribution in [0, 0.1) is 18.8 Å². The molecule has 90 valence electrons. The highest BCUT2D eigenvalue weighted by Crippen LogP contribution is 2.09. The lowest BCUT2D eigenvalue weighted by Crippen LogP contribution is -2.23. The lowest BCUT2D eigenvalue weighted by Gasteiger charge is -2.03. The normalized spacial score (nSPS) is 11.2. The number of sulfonamides is 1. The topological polar surface area (TPSA) is 46.2 Å². The average molecular weight is 270 g/mol. The molecule has 0 saturated heterocycles. The minimum absolute atomic E-state index is 0.0530. The molecule has 1 rings (SSSR count). The Labute approximate surface area is 107 Å². The van der Waals surface area contributed by atoms with Crippen LogP contribution in [0.5, 0.6) is 0 Å². The summed E-state index contributed by atoms with van der Waals surface area (Å²) in [5.74, 6) is 5.19. The zero-order valence-electron chi connectivity index (χ0n) is 9.27. The Hall–Kier alpha value is -1.28. The van der Waals surface area contributed by atoms with E-state index in [-0.39, 0.29) is 11.4 Å². The third kappa shape index (κ3) is 4.61. The predicted molar refractivity (Wildman–Crippen MR) is 69.1 cm³/mol. The molecule has 0 heterocycles. The molecule has 0 aliphatic carbocycles. The Morgan fingerprint density at radius 3 is 2.59 bits per heavy atom. The summed E-state index contributed by atoms with van der Waals surface area (Å²) < 4.78 is 25.9. The fraction of sp³-hybridized carbons (Fsp3) is 0.167. The van der Waals surface area contributed by atoms with Gasteiger partial charge in [-0.3, -0.25) is 0 Å². The van der Waals surface area contributed by atoms with E-state index < -0.39 is 10.0 Å². The van der Waals surface area contributed by atoms with Gasteiger partial charge in [-0.25, -0.2) is 8.42 Å². The van der Waals surface area contributed by atoms with Crippen LogP contribution in [0.25, 0.3) is 0 Å². The van der Waals surface area contributed by atoms with Crippen molar-refractivity contribution < 1.29 is 8.42 Å². The van der Waals surface area contributed by atoms with Crippen LogP contribution in [0.2, 0.25) is 0 Å². The van der Waals surface area contributed by atoms with Crippen molar-refractivity contribution in [2.75, 3.05) is 6.54 Å². The van der Waals surface area contributed by atoms with Gasteiger partial charge in [-0.1, -0.05) is 41.1 Å². The second kappa shape index (κ2) is 6.45. The van der Waals surface area contributed by atoms with E-state index in [0.717, 1.165) is 5.56 Å². The first-order chi connectivity index (χ1) is 8.06. The van der Waals surface area contributed by atoms with Crippen LogP contribution >= 0.6 is 11.6 Å². The van der Waals surface area contributed by atoms with Crippen LogP contribution in [-0.4, -0.2) is 15.0 Å². The number of hydrogen-bond acceptors (Lipinski definition) is 2. The molecule has 0 unspecified atom stereocenters. The van der Waals surface area contributed by atoms with Crippen molar-refractivity contribution in [3.05, 3.63) is 41.4 Å². The number of hydrogen-bond donors (Lipinski definition) is 1. The molecule has 0 atom stereocenters. The molecule has 1 N–H and O–H groups in total. The molecule has 17 heavy (non-hydrogen) atoms. The molecule has 0 bridgehead atoms. The van der Waals surface area contributed by atoms with E-state index in [1.54, 1.807) is 24.3 Å². The molecule has 3 nitrogen and oxygen atoms in total. The predicted octanol–water partition coefficient (Wildman–Crippen LogP) is 2.03. The number of benzene rings is 1. The Morgan fingerprint density at radius 1 is 1.35 bits per heavy atom. The van der Waals surface area contributed by atoms with E-state index >= 15 is 0 Å². The minimum Gasteiger partial charge on any atom is -0.207 e. The Morgan fingerprint density at radius 2 is 2.00 bits per heavy atom. The summed E-state index contributed by atoms with van der Waals surface area (Å²) in [6.45, 7) is 1.95. The van der Waals surface area contributed by atoms with Gasteiger partial charge in [-0.2, -0.15) is 4.72 Å². The van der Waals surface area contributed by atoms with Crippen molar-refractivity contribution in [1.29, 1.82) is 0 Å². The van der Waals surface area contributed by atoms with Crippen LogP contribution in [0.4, 0.5) is 0 Å². The Bertz CT molecular complexity index is 550. The van der Waals surface area contributed by atoms with E-state index in [9.17, 15) is 8.42 Å². The smallest absolute Gasteiger partial charge is 0.207 e. The summed E-state index contributed by atoms with van der Waals surface area (Å²) >= 11 is 5.26. The van der Waals surface area contributed by atoms with Crippen LogP contribution in [0.1, 0.15) is 5.56 Å². The summed E-state index contributed by atoms with van der Waals surface area (Å²) in [6, 6.07) is 6.61. The largest absolute Gasteiger partial charge is 0.241 e. The van der Waals surface area contributed by atoms with Gasteiger partial charge in [-0.05, 0) is 25.1 Å². The van der Waals surface area contributed by atoms with Gasteiger partial charge in [0.1, 0.15) is 0 Å². The van der Waals surface area contributed by atoms with Gasteiger partial charge in [0.15, 0.2) is 0 Å². The summed E-state index contributed by atoms with van der Waals surface area (Å²) in [6.07, 6.45) is 1.43. The van der Waals surface area contributed by atoms with Crippen molar-refractivity contribution in [2.45, 2.75) is 11.8 Å². The molecular weight excluding hydrogens is 258 g/mol. The Kier molecular flexibility index (Phi) is 5.23. The lowest BCUT2D eigenvalue weighted by molar-refractivity contribution is 0.586. The third-order valence-corrected chi connectivity index (χ3v) is 3.47. The highest BCUT2D eigenvalue weighted by molar-refractivity contribution is 7.89. The first kappa shape index (κ1) is 13.8. The number of rotatable bonds is 3. The molecule has 1 aromatic rings. The molecule has 0 spiro atoms. The maximum Gasteiger partial charge on any atom is 0.241 e. The summed E-state index contributed by atoms with van der Waals surface area (Å²) in [4.78, 5) is 0.234. The average Bonchev–Trinajstić information content (AvgIpc) is 2.29. The van der Waals surface area contributed by atoms with E-state index in [1.807, 2.05) is 6.92 Å². The van der Waals surface area contributed by atoms with Gasteiger partial charge >= 0.3 is 0 Å². The second-order valence-electron chi connectivity index (χ2n) is 3.25. The molecule has 5 heteroatoms. The fourth-order valence-electron chi connectivity index (χ4n) is 1.07. The van der Waals surface area contributed by atoms with Gasteiger partial charge in [0, 0.05) is 5.54 Å². The second-order valence-corrected chi connectivity index (χ2v) is 5.27. The number of aryl methyl sites for hydroxylation is 1. The highest BCUT2D eigenvalue weighted by atomic mass is 35.5. The van der Waals surface area contributed by atoms with Gasteiger partial charge < -0.3 is 0 Å². The van der Waals surface area contributed by atoms with E-state index in [2.05, 4.69) is 16.6 Å². The van der Waals surface area contributed by atoms with Crippen molar-refractivity contribution in [3.63, 3.8) is 0 Å². The monoisotopic (exact) mass is 269 g/mol. The quantitative estimate of drug-likeness (QED) is 0.854. The van der Waals surface area contributed by atoms with Crippen molar-refractivity contribution >= 4 is 21.6 Å². The van der Waals surface area contributed by atoms with Crippen LogP contribution < -0.4 is 4.72 Å². The molecule has 0 fully saturated rings. The third-order valence-electron chi connectivity index (χ3n) is 1.93. The first-order valence-electron chi connectivity index (χ1n) is 4.86. The van der Waals surface area contributed by atoms with Gasteiger partial charge in [-0.15, -0.1) is 0 Å². The first-order valence-corrected chi connectivity index (χ1v) is 6.78. The van der Waals surface area contributed by atoms with E-state index in [1.165, 1.54) is 11.6 Å². The van der Waals surface area contributed by atoms with Crippen molar-refractivity contribution in [2.24, 2.45) is 0 Å². The van der Waals surface area contributed by atoms with Crippen LogP contribution in [0.3, 0.4) is 0 Å². The zero-order chi connectivity index (χ0) is 12.7. The van der Waals surface area contributed by atoms with Gasteiger partial charge in [0.2, 0.25) is 10.0 Å². The molecule has 0 aromatic heterocycles. The number of allylic oxidation sites excluding steroid dienone is 1. The Balaban J connectivity index is 2.70. The molecule has 0 aliphatic heterocycles. The van der Waals surface area contributed by atoms with E-state index in [0.29, 0.717) is 0 Å². The molecule has 0 amide bonds. The molecule has 0 radical (unpaired) electrons. The summed E-state index contributed by atoms with van der Waals surface area (Å²) in [7, 11) is -3.47. The number of halogens is 1. The summed E-state index contributed by atoms with van der Waals surface area (Å²) in [5.41, 5.74) is 2.28. The fourth-order valence-corrected chi connectivity index (χ4v) is 2.06. The molecule has 0 aliphatic rings. The summed E-state index contributed by atoms with van der Waals surface area (Å²) in [5, 5.41) is 0. The molecular formula is C12H12ClNO2S. The van der Waals surface area contributed by atoms with Gasteiger partial charge in [0.25, 0.3) is 0 Å². The van der Waals surface area contributed by atoms with Crippen molar-refractivity contribution in [1.82, 2.24) is 4.72 Å². The maximum atomic E-state index is 11.8. The molecule has 0 saturated carbocycles. The zero-order valence-corrected chi connectivity index (χ0v) is 10.8. The van der Waals surface area contributed by atoms with Gasteiger partial charge in [0.05, 0.1) is 11.4 Å². The van der Waals surface area contributed by atoms with Crippen LogP contribution in [-0.2, 0) is 10.0 Å². The molecule has 1 aromatic carbocycles. The minimum atomic E-state index is -3.47. The highest BCUT2D eigenvalue weighted by Gasteiger charge is 2.11. The SMILES string of the molecule is Cc1ccc(S(=O)(=O)NCC#C/C=C\Cl)cc1. The number of nitrogens with one attached hydrogen (secondary N) is 1. The standard InChI is InChI=1S/C12H12ClNO2S/c1-11-5-7-12(8-6-11)17(15,16)14-10-4-2-3-9-13/h3,5-9,14H,10H2,1H3/b9-3-. The van der Waals surface area contributed by atoms with Crippen LogP contribution in [0.15, 0.2) is 40.8 Å².